The summed E-state index contributed by atoms with van der Waals surface area (Å²) < 4.78 is 36.7. The average molecular weight is 396 g/mol. The van der Waals surface area contributed by atoms with Crippen molar-refractivity contribution in [2.45, 2.75) is 16.1 Å². The van der Waals surface area contributed by atoms with E-state index in [4.69, 9.17) is 39.0 Å². The van der Waals surface area contributed by atoms with E-state index in [1.165, 1.54) is 12.1 Å². The predicted octanol–water partition coefficient (Wildman–Crippen LogP) is 2.91. The first-order valence-electron chi connectivity index (χ1n) is 7.58. The zero-order chi connectivity index (χ0) is 17.8. The zero-order valence-corrected chi connectivity index (χ0v) is 15.3. The van der Waals surface area contributed by atoms with E-state index in [1.54, 1.807) is 24.3 Å². The Balaban J connectivity index is 1.71. The molecular formula is C17H14ClNO4S2. The molecule has 5 nitrogen and oxygen atoms in total. The number of sulfone groups is 1. The third kappa shape index (κ3) is 2.76. The second kappa shape index (κ2) is 5.86. The van der Waals surface area contributed by atoms with Gasteiger partial charge in [-0.25, -0.2) is 8.42 Å². The molecule has 2 aliphatic rings. The van der Waals surface area contributed by atoms with E-state index >= 15 is 0 Å². The van der Waals surface area contributed by atoms with Crippen molar-refractivity contribution >= 4 is 38.6 Å². The molecule has 0 unspecified atom stereocenters. The first kappa shape index (κ1) is 16.6. The lowest BCUT2D eigenvalue weighted by Crippen LogP contribution is -2.17. The van der Waals surface area contributed by atoms with Crippen molar-refractivity contribution < 1.29 is 17.9 Å². The molecule has 3 atom stereocenters. The summed E-state index contributed by atoms with van der Waals surface area (Å²) in [6.07, 6.45) is 0. The van der Waals surface area contributed by atoms with Crippen LogP contribution in [-0.2, 0) is 9.84 Å². The van der Waals surface area contributed by atoms with E-state index in [0.29, 0.717) is 16.5 Å². The summed E-state index contributed by atoms with van der Waals surface area (Å²) in [5, 5.41) is -0.209. The van der Waals surface area contributed by atoms with Crippen LogP contribution in [0.5, 0.6) is 11.5 Å². The minimum Gasteiger partial charge on any atom is -0.454 e. The van der Waals surface area contributed by atoms with Crippen molar-refractivity contribution in [3.05, 3.63) is 53.1 Å². The molecule has 2 aromatic carbocycles. The fraction of sp³-hybridized carbons (Fsp3) is 0.235. The van der Waals surface area contributed by atoms with Crippen LogP contribution in [0.2, 0.25) is 5.02 Å². The Morgan fingerprint density at radius 2 is 1.80 bits per heavy atom. The van der Waals surface area contributed by atoms with Crippen LogP contribution < -0.4 is 15.2 Å². The second-order valence-corrected chi connectivity index (χ2v) is 9.04. The van der Waals surface area contributed by atoms with Gasteiger partial charge < -0.3 is 15.2 Å². The van der Waals surface area contributed by atoms with Gasteiger partial charge in [-0.3, -0.25) is 0 Å². The standard InChI is InChI=1S/C17H14ClNO4S2/c18-10-2-4-11(5-3-10)25(20,21)16-14(15(16)17(19)24)9-1-6-12-13(7-9)23-8-22-12/h1-7,14-16H,8H2,(H2,19,24)/t14-,15+,16+/m0/s1. The van der Waals surface area contributed by atoms with E-state index in [2.05, 4.69) is 0 Å². The number of rotatable bonds is 4. The van der Waals surface area contributed by atoms with Crippen LogP contribution in [0.3, 0.4) is 0 Å². The Labute approximate surface area is 155 Å². The van der Waals surface area contributed by atoms with Gasteiger partial charge in [0.2, 0.25) is 6.79 Å². The van der Waals surface area contributed by atoms with E-state index in [0.717, 1.165) is 5.56 Å². The lowest BCUT2D eigenvalue weighted by atomic mass is 10.1. The molecule has 0 aromatic heterocycles. The van der Waals surface area contributed by atoms with Gasteiger partial charge in [-0.1, -0.05) is 29.9 Å². The highest BCUT2D eigenvalue weighted by atomic mass is 35.5. The smallest absolute Gasteiger partial charge is 0.231 e. The molecule has 0 saturated heterocycles. The van der Waals surface area contributed by atoms with E-state index in [1.807, 2.05) is 6.07 Å². The lowest BCUT2D eigenvalue weighted by Gasteiger charge is -2.05. The Bertz CT molecular complexity index is 959. The molecule has 2 aromatic rings. The van der Waals surface area contributed by atoms with Crippen LogP contribution in [0.25, 0.3) is 0 Å². The first-order chi connectivity index (χ1) is 11.9. The molecule has 1 fully saturated rings. The zero-order valence-electron chi connectivity index (χ0n) is 12.9. The fourth-order valence-electron chi connectivity index (χ4n) is 3.31. The molecule has 0 spiro atoms. The quantitative estimate of drug-likeness (QED) is 0.802. The van der Waals surface area contributed by atoms with E-state index in [9.17, 15) is 8.42 Å². The summed E-state index contributed by atoms with van der Waals surface area (Å²) in [6.45, 7) is 0.161. The molecular weight excluding hydrogens is 382 g/mol. The molecule has 1 aliphatic carbocycles. The molecule has 1 saturated carbocycles. The van der Waals surface area contributed by atoms with Gasteiger partial charge in [0, 0.05) is 16.9 Å². The number of benzene rings is 2. The minimum atomic E-state index is -3.59. The predicted molar refractivity (Wildman–Crippen MR) is 98.0 cm³/mol. The summed E-state index contributed by atoms with van der Waals surface area (Å²) in [6, 6.07) is 11.5. The number of nitrogens with two attached hydrogens (primary N) is 1. The van der Waals surface area contributed by atoms with Crippen LogP contribution in [0, 0.1) is 5.92 Å². The summed E-state index contributed by atoms with van der Waals surface area (Å²) in [5.74, 6) is 0.547. The van der Waals surface area contributed by atoms with Gasteiger partial charge in [-0.2, -0.15) is 0 Å². The highest BCUT2D eigenvalue weighted by molar-refractivity contribution is 7.92. The average Bonchev–Trinajstić information content (AvgIpc) is 3.18. The van der Waals surface area contributed by atoms with Gasteiger partial charge in [-0.15, -0.1) is 0 Å². The molecule has 25 heavy (non-hydrogen) atoms. The molecule has 4 rings (SSSR count). The molecule has 130 valence electrons. The Morgan fingerprint density at radius 1 is 1.12 bits per heavy atom. The van der Waals surface area contributed by atoms with Crippen LogP contribution in [0.4, 0.5) is 0 Å². The molecule has 0 bridgehead atoms. The largest absolute Gasteiger partial charge is 0.454 e. The Hall–Kier alpha value is -1.83. The van der Waals surface area contributed by atoms with E-state index in [-0.39, 0.29) is 22.6 Å². The fourth-order valence-corrected chi connectivity index (χ4v) is 5.97. The van der Waals surface area contributed by atoms with E-state index < -0.39 is 21.0 Å². The molecule has 8 heteroatoms. The van der Waals surface area contributed by atoms with Crippen LogP contribution in [0.15, 0.2) is 47.4 Å². The van der Waals surface area contributed by atoms with Crippen molar-refractivity contribution in [2.24, 2.45) is 11.7 Å². The monoisotopic (exact) mass is 395 g/mol. The number of ether oxygens (including phenoxy) is 2. The number of hydrogen-bond acceptors (Lipinski definition) is 5. The number of thiocarbonyl (C=S) groups is 1. The molecule has 2 N–H and O–H groups in total. The summed E-state index contributed by atoms with van der Waals surface area (Å²) >= 11 is 11.0. The third-order valence-electron chi connectivity index (χ3n) is 4.56. The second-order valence-electron chi connectivity index (χ2n) is 6.03. The van der Waals surface area contributed by atoms with Crippen LogP contribution in [-0.4, -0.2) is 25.4 Å². The van der Waals surface area contributed by atoms with Crippen molar-refractivity contribution in [1.82, 2.24) is 0 Å². The first-order valence-corrected chi connectivity index (χ1v) is 9.91. The Kier molecular flexibility index (Phi) is 3.90. The highest BCUT2D eigenvalue weighted by Gasteiger charge is 2.60. The van der Waals surface area contributed by atoms with Crippen LogP contribution in [0.1, 0.15) is 11.5 Å². The maximum Gasteiger partial charge on any atom is 0.231 e. The van der Waals surface area contributed by atoms with Crippen LogP contribution >= 0.6 is 23.8 Å². The number of halogens is 1. The van der Waals surface area contributed by atoms with Crippen molar-refractivity contribution in [2.75, 3.05) is 6.79 Å². The van der Waals surface area contributed by atoms with Crippen molar-refractivity contribution in [1.29, 1.82) is 0 Å². The SMILES string of the molecule is NC(=S)[C@@H]1[C@H](c2ccc3c(c2)OCO3)[C@H]1S(=O)(=O)c1ccc(Cl)cc1. The van der Waals surface area contributed by atoms with Gasteiger partial charge in [-0.05, 0) is 42.0 Å². The van der Waals surface area contributed by atoms with Gasteiger partial charge in [0.25, 0.3) is 0 Å². The van der Waals surface area contributed by atoms with Crippen molar-refractivity contribution in [3.63, 3.8) is 0 Å². The summed E-state index contributed by atoms with van der Waals surface area (Å²) in [5.41, 5.74) is 6.64. The molecule has 1 aliphatic heterocycles. The third-order valence-corrected chi connectivity index (χ3v) is 7.32. The normalized spacial score (nSPS) is 24.1. The summed E-state index contributed by atoms with van der Waals surface area (Å²) in [7, 11) is -3.59. The topological polar surface area (TPSA) is 78.6 Å². The van der Waals surface area contributed by atoms with Crippen molar-refractivity contribution in [3.8, 4) is 11.5 Å². The summed E-state index contributed by atoms with van der Waals surface area (Å²) in [4.78, 5) is 0.414. The molecule has 0 radical (unpaired) electrons. The minimum absolute atomic E-state index is 0.161. The highest BCUT2D eigenvalue weighted by Crippen LogP contribution is 2.55. The maximum atomic E-state index is 13.0. The molecule has 0 amide bonds. The van der Waals surface area contributed by atoms with Gasteiger partial charge >= 0.3 is 0 Å². The molecule has 1 heterocycles. The lowest BCUT2D eigenvalue weighted by molar-refractivity contribution is 0.174. The van der Waals surface area contributed by atoms with Gasteiger partial charge in [0.1, 0.15) is 0 Å². The Morgan fingerprint density at radius 3 is 2.48 bits per heavy atom. The van der Waals surface area contributed by atoms with Gasteiger partial charge in [0.05, 0.1) is 15.1 Å². The number of fused-ring (bicyclic) bond motifs is 1. The maximum absolute atomic E-state index is 13.0. The van der Waals surface area contributed by atoms with Gasteiger partial charge in [0.15, 0.2) is 21.3 Å². The number of hydrogen-bond donors (Lipinski definition) is 1.